The maximum Gasteiger partial charge on any atom is 0.293 e. The summed E-state index contributed by atoms with van der Waals surface area (Å²) in [6.07, 6.45) is -1.79. The summed E-state index contributed by atoms with van der Waals surface area (Å²) in [4.78, 5) is 38.6. The van der Waals surface area contributed by atoms with Crippen molar-refractivity contribution < 1.29 is 31.1 Å². The van der Waals surface area contributed by atoms with E-state index in [0.717, 1.165) is 12.1 Å². The zero-order chi connectivity index (χ0) is 42.4. The third kappa shape index (κ3) is 6.74. The highest BCUT2D eigenvalue weighted by atomic mass is 35.5. The van der Waals surface area contributed by atoms with Gasteiger partial charge in [-0.15, -0.1) is 0 Å². The Morgan fingerprint density at radius 2 is 1.73 bits per heavy atom. The second kappa shape index (κ2) is 14.8. The summed E-state index contributed by atoms with van der Waals surface area (Å²) >= 11 is 14.1. The van der Waals surface area contributed by atoms with Gasteiger partial charge in [0, 0.05) is 47.9 Å². The molecule has 2 unspecified atom stereocenters. The zero-order valence-corrected chi connectivity index (χ0v) is 33.5. The van der Waals surface area contributed by atoms with Gasteiger partial charge in [0.25, 0.3) is 17.9 Å². The topological polar surface area (TPSA) is 125 Å². The second-order valence-corrected chi connectivity index (χ2v) is 16.0. The van der Waals surface area contributed by atoms with Crippen LogP contribution in [0.25, 0.3) is 38.9 Å². The van der Waals surface area contributed by atoms with E-state index in [9.17, 15) is 27.2 Å². The van der Waals surface area contributed by atoms with Crippen molar-refractivity contribution in [3.8, 4) is 16.9 Å². The summed E-state index contributed by atoms with van der Waals surface area (Å²) < 4.78 is 95.0. The van der Waals surface area contributed by atoms with Crippen LogP contribution < -0.4 is 15.6 Å². The summed E-state index contributed by atoms with van der Waals surface area (Å²) in [5, 5.41) is 12.2. The number of benzene rings is 3. The molecule has 0 aliphatic heterocycles. The van der Waals surface area contributed by atoms with Gasteiger partial charge in [0.2, 0.25) is 5.91 Å². The Bertz CT molecular complexity index is 2940. The standard InChI is InChI=1S/C40H29Cl2F6N9O2S/c1-55-33-28(10-8-25(42)31(33)37(53-55)54-60-2)57-38(51-36-22(39(57)59)7-9-26(50-36)18-3-5-19(41)6-4-18)27(13-17-11-20(43)14-21(44)12-17)49-29(58)16-56-34-30(32(52-56)35(45)46)23-15-24(23)40(34,47)48/h3-12,14,23-24,27,35H,13,15-16H2,1-2H3,(H,49,58)(H,53,54)/t23?,24-,27?/m1/s1. The Morgan fingerprint density at radius 3 is 2.43 bits per heavy atom. The number of aromatic nitrogens is 7. The van der Waals surface area contributed by atoms with Gasteiger partial charge in [0.1, 0.15) is 35.4 Å². The first-order valence-corrected chi connectivity index (χ1v) is 20.3. The number of fused-ring (bicyclic) bond motifs is 5. The Hall–Kier alpha value is -5.59. The van der Waals surface area contributed by atoms with Crippen molar-refractivity contribution in [1.29, 1.82) is 0 Å². The number of alkyl halides is 4. The molecule has 4 aromatic heterocycles. The normalized spacial score (nSPS) is 17.0. The molecule has 0 radical (unpaired) electrons. The molecular formula is C40H29Cl2F6N9O2S. The van der Waals surface area contributed by atoms with Crippen LogP contribution in [0, 0.1) is 17.6 Å². The fourth-order valence-corrected chi connectivity index (χ4v) is 8.87. The third-order valence-electron chi connectivity index (χ3n) is 10.7. The van der Waals surface area contributed by atoms with Crippen molar-refractivity contribution in [1.82, 2.24) is 39.4 Å². The molecule has 2 N–H and O–H groups in total. The minimum absolute atomic E-state index is 0.0152. The van der Waals surface area contributed by atoms with Gasteiger partial charge >= 0.3 is 0 Å². The second-order valence-electron chi connectivity index (χ2n) is 14.5. The van der Waals surface area contributed by atoms with E-state index < -0.39 is 77.7 Å². The van der Waals surface area contributed by atoms with Crippen molar-refractivity contribution in [2.75, 3.05) is 11.0 Å². The van der Waals surface area contributed by atoms with Gasteiger partial charge in [0.15, 0.2) is 11.5 Å². The number of hydrogen-bond acceptors (Lipinski definition) is 8. The fraction of sp³-hybridized carbons (Fsp3) is 0.250. The number of anilines is 1. The summed E-state index contributed by atoms with van der Waals surface area (Å²) in [6.45, 7) is -0.939. The Balaban J connectivity index is 1.25. The molecule has 1 fully saturated rings. The molecule has 0 bridgehead atoms. The van der Waals surface area contributed by atoms with Crippen LogP contribution in [0.1, 0.15) is 53.1 Å². The van der Waals surface area contributed by atoms with Crippen molar-refractivity contribution in [2.45, 2.75) is 43.7 Å². The van der Waals surface area contributed by atoms with Crippen LogP contribution in [0.5, 0.6) is 0 Å². The number of hydrogen-bond donors (Lipinski definition) is 2. The lowest BCUT2D eigenvalue weighted by Gasteiger charge is -2.24. The highest BCUT2D eigenvalue weighted by Gasteiger charge is 2.67. The number of pyridine rings is 1. The van der Waals surface area contributed by atoms with Crippen LogP contribution >= 0.6 is 35.1 Å². The van der Waals surface area contributed by atoms with Gasteiger partial charge in [0.05, 0.1) is 38.7 Å². The van der Waals surface area contributed by atoms with Crippen LogP contribution in [0.3, 0.4) is 0 Å². The summed E-state index contributed by atoms with van der Waals surface area (Å²) in [7, 11) is 1.62. The molecule has 2 aliphatic rings. The molecule has 0 spiro atoms. The van der Waals surface area contributed by atoms with Gasteiger partial charge in [-0.25, -0.2) is 27.5 Å². The van der Waals surface area contributed by atoms with Crippen molar-refractivity contribution >= 4 is 68.8 Å². The zero-order valence-electron chi connectivity index (χ0n) is 31.2. The number of carbonyl (C=O) groups is 1. The highest BCUT2D eigenvalue weighted by Crippen LogP contribution is 2.68. The molecule has 3 atom stereocenters. The molecule has 0 saturated heterocycles. The lowest BCUT2D eigenvalue weighted by molar-refractivity contribution is -0.123. The molecule has 7 aromatic rings. The van der Waals surface area contributed by atoms with E-state index in [-0.39, 0.29) is 45.1 Å². The van der Waals surface area contributed by atoms with Crippen LogP contribution in [-0.2, 0) is 30.7 Å². The third-order valence-corrected chi connectivity index (χ3v) is 11.7. The van der Waals surface area contributed by atoms with Crippen molar-refractivity contribution in [3.05, 3.63) is 127 Å². The average molecular weight is 885 g/mol. The number of carbonyl (C=O) groups excluding carboxylic acids is 1. The predicted molar refractivity (Wildman–Crippen MR) is 215 cm³/mol. The number of rotatable bonds is 11. The van der Waals surface area contributed by atoms with Crippen LogP contribution in [0.4, 0.5) is 32.2 Å². The van der Waals surface area contributed by atoms with Gasteiger partial charge in [-0.1, -0.05) is 47.3 Å². The highest BCUT2D eigenvalue weighted by molar-refractivity contribution is 7.99. The average Bonchev–Trinajstić information content (AvgIpc) is 3.73. The fourth-order valence-electron chi connectivity index (χ4n) is 8.16. The number of aryl methyl sites for hydroxylation is 1. The van der Waals surface area contributed by atoms with E-state index in [0.29, 0.717) is 43.7 Å². The summed E-state index contributed by atoms with van der Waals surface area (Å²) in [5.41, 5.74) is -1.01. The first kappa shape index (κ1) is 39.8. The monoisotopic (exact) mass is 883 g/mol. The Morgan fingerprint density at radius 1 is 1.00 bits per heavy atom. The van der Waals surface area contributed by atoms with E-state index in [4.69, 9.17) is 28.2 Å². The Kier molecular flexibility index (Phi) is 9.86. The van der Waals surface area contributed by atoms with Crippen molar-refractivity contribution in [2.24, 2.45) is 13.0 Å². The SMILES string of the molecule is CSNc1nn(C)c2c(-n3c(C(Cc4cc(F)cc(F)c4)NC(=O)Cn4nc(C(F)F)c5c4C(F)(F)[C@@H]4CC54)nc4nc(-c5ccc(Cl)cc5)ccc4c3=O)ccc(Cl)c12. The number of nitrogens with zero attached hydrogens (tertiary/aromatic N) is 7. The van der Waals surface area contributed by atoms with E-state index in [2.05, 4.69) is 25.2 Å². The van der Waals surface area contributed by atoms with Gasteiger partial charge in [-0.05, 0) is 66.4 Å². The van der Waals surface area contributed by atoms with Crippen LogP contribution in [0.15, 0.2) is 71.5 Å². The molecule has 20 heteroatoms. The summed E-state index contributed by atoms with van der Waals surface area (Å²) in [6, 6.07) is 14.2. The van der Waals surface area contributed by atoms with E-state index in [1.807, 2.05) is 0 Å². The van der Waals surface area contributed by atoms with E-state index >= 15 is 8.78 Å². The van der Waals surface area contributed by atoms with Gasteiger partial charge < -0.3 is 10.0 Å². The van der Waals surface area contributed by atoms with Crippen LogP contribution in [0.2, 0.25) is 10.0 Å². The quantitative estimate of drug-likeness (QED) is 0.0975. The number of amides is 1. The predicted octanol–water partition coefficient (Wildman–Crippen LogP) is 9.05. The molecule has 3 aromatic carbocycles. The Labute approximate surface area is 349 Å². The molecule has 60 heavy (non-hydrogen) atoms. The molecule has 9 rings (SSSR count). The first-order valence-electron chi connectivity index (χ1n) is 18.3. The lowest BCUT2D eigenvalue weighted by Crippen LogP contribution is -2.38. The minimum Gasteiger partial charge on any atom is -0.344 e. The molecule has 2 aliphatic carbocycles. The smallest absolute Gasteiger partial charge is 0.293 e. The van der Waals surface area contributed by atoms with Crippen molar-refractivity contribution in [3.63, 3.8) is 0 Å². The van der Waals surface area contributed by atoms with E-state index in [1.54, 1.807) is 43.6 Å². The largest absolute Gasteiger partial charge is 0.344 e. The van der Waals surface area contributed by atoms with Gasteiger partial charge in [-0.2, -0.15) is 19.0 Å². The molecular weight excluding hydrogens is 855 g/mol. The maximum atomic E-state index is 15.5. The molecule has 4 heterocycles. The van der Waals surface area contributed by atoms with E-state index in [1.165, 1.54) is 39.4 Å². The number of nitrogens with one attached hydrogen (secondary N) is 2. The van der Waals surface area contributed by atoms with Gasteiger partial charge in [-0.3, -0.25) is 23.5 Å². The lowest BCUT2D eigenvalue weighted by atomic mass is 10.0. The molecule has 308 valence electrons. The summed E-state index contributed by atoms with van der Waals surface area (Å²) in [5.74, 6) is -8.20. The number of halogens is 8. The maximum absolute atomic E-state index is 15.5. The minimum atomic E-state index is -3.51. The van der Waals surface area contributed by atoms with Crippen LogP contribution in [-0.4, -0.2) is 46.3 Å². The molecule has 1 amide bonds. The molecule has 1 saturated carbocycles. The first-order chi connectivity index (χ1) is 28.6. The molecule has 11 nitrogen and oxygen atoms in total.